The number of aryl methyl sites for hydroxylation is 1. The van der Waals surface area contributed by atoms with Crippen molar-refractivity contribution >= 4 is 46.3 Å². The molecule has 186 valence electrons. The number of thiocarbonyl (C=S) groups is 1. The van der Waals surface area contributed by atoms with Gasteiger partial charge in [0.25, 0.3) is 5.91 Å². The first kappa shape index (κ1) is 26.8. The fourth-order valence-electron chi connectivity index (χ4n) is 3.61. The number of unbranched alkanes of at least 4 members (excludes halogenated alkanes) is 2. The van der Waals surface area contributed by atoms with Gasteiger partial charge in [0.2, 0.25) is 0 Å². The van der Waals surface area contributed by atoms with E-state index in [9.17, 15) is 9.59 Å². The van der Waals surface area contributed by atoms with Crippen LogP contribution in [-0.2, 0) is 20.9 Å². The minimum absolute atomic E-state index is 0.0933. The van der Waals surface area contributed by atoms with Crippen LogP contribution in [0.1, 0.15) is 49.3 Å². The van der Waals surface area contributed by atoms with Crippen molar-refractivity contribution in [2.45, 2.75) is 46.1 Å². The Morgan fingerprint density at radius 2 is 1.91 bits per heavy atom. The number of ether oxygens (including phenoxy) is 3. The lowest BCUT2D eigenvalue weighted by Crippen LogP contribution is -2.29. The minimum atomic E-state index is -0.178. The van der Waals surface area contributed by atoms with Crippen molar-refractivity contribution in [1.82, 2.24) is 4.90 Å². The van der Waals surface area contributed by atoms with Crippen molar-refractivity contribution in [3.8, 4) is 11.5 Å². The highest BCUT2D eigenvalue weighted by atomic mass is 32.2. The molecule has 2 aromatic carbocycles. The molecule has 8 heteroatoms. The molecule has 0 bridgehead atoms. The van der Waals surface area contributed by atoms with E-state index in [1.807, 2.05) is 42.5 Å². The molecule has 1 aliphatic rings. The largest absolute Gasteiger partial charge is 0.493 e. The van der Waals surface area contributed by atoms with Crippen molar-refractivity contribution in [2.75, 3.05) is 20.3 Å². The van der Waals surface area contributed by atoms with Gasteiger partial charge < -0.3 is 14.2 Å². The maximum atomic E-state index is 12.9. The van der Waals surface area contributed by atoms with E-state index in [2.05, 4.69) is 13.0 Å². The number of carbonyl (C=O) groups excluding carboxylic acids is 2. The van der Waals surface area contributed by atoms with Gasteiger partial charge in [-0.2, -0.15) is 0 Å². The lowest BCUT2D eigenvalue weighted by atomic mass is 10.1. The standard InChI is InChI=1S/C27H31NO5S2/c1-4-32-25(29)12-6-5-9-15-28-26(30)24(35-27(28)34)17-20-13-14-22(23(16-20)31-3)33-18-21-11-8-7-10-19(21)2/h7-8,10-11,13-14,16-17H,4-6,9,12,15,18H2,1-3H3/b24-17-. The third kappa shape index (κ3) is 7.57. The van der Waals surface area contributed by atoms with E-state index in [1.54, 1.807) is 18.9 Å². The van der Waals surface area contributed by atoms with Gasteiger partial charge in [-0.1, -0.05) is 60.7 Å². The summed E-state index contributed by atoms with van der Waals surface area (Å²) in [5.74, 6) is 0.972. The third-order valence-electron chi connectivity index (χ3n) is 5.57. The Morgan fingerprint density at radius 1 is 1.11 bits per heavy atom. The number of nitrogens with zero attached hydrogens (tertiary/aromatic N) is 1. The molecule has 35 heavy (non-hydrogen) atoms. The Kier molecular flexibility index (Phi) is 10.2. The molecule has 0 atom stereocenters. The third-order valence-corrected chi connectivity index (χ3v) is 6.95. The molecule has 0 aromatic heterocycles. The molecule has 0 saturated carbocycles. The second-order valence-corrected chi connectivity index (χ2v) is 9.75. The molecule has 0 radical (unpaired) electrons. The smallest absolute Gasteiger partial charge is 0.305 e. The topological polar surface area (TPSA) is 65.1 Å². The van der Waals surface area contributed by atoms with Gasteiger partial charge in [-0.25, -0.2) is 0 Å². The molecular formula is C27H31NO5S2. The number of benzene rings is 2. The summed E-state index contributed by atoms with van der Waals surface area (Å²) in [7, 11) is 1.60. The number of amides is 1. The molecule has 0 N–H and O–H groups in total. The zero-order valence-electron chi connectivity index (χ0n) is 20.4. The van der Waals surface area contributed by atoms with Crippen LogP contribution in [0.3, 0.4) is 0 Å². The van der Waals surface area contributed by atoms with Gasteiger partial charge in [-0.15, -0.1) is 0 Å². The van der Waals surface area contributed by atoms with Crippen molar-refractivity contribution in [1.29, 1.82) is 0 Å². The van der Waals surface area contributed by atoms with Crippen LogP contribution in [0.15, 0.2) is 47.4 Å². The first-order chi connectivity index (χ1) is 16.9. The van der Waals surface area contributed by atoms with Crippen molar-refractivity contribution < 1.29 is 23.8 Å². The molecule has 1 fully saturated rings. The lowest BCUT2D eigenvalue weighted by Gasteiger charge is -2.14. The van der Waals surface area contributed by atoms with Crippen LogP contribution in [0.4, 0.5) is 0 Å². The molecule has 1 aliphatic heterocycles. The molecule has 6 nitrogen and oxygen atoms in total. The summed E-state index contributed by atoms with van der Waals surface area (Å²) < 4.78 is 17.0. The quantitative estimate of drug-likeness (QED) is 0.151. The molecule has 0 unspecified atom stereocenters. The van der Waals surface area contributed by atoms with Crippen LogP contribution in [0, 0.1) is 6.92 Å². The van der Waals surface area contributed by atoms with Gasteiger partial charge in [0.1, 0.15) is 10.9 Å². The van der Waals surface area contributed by atoms with Gasteiger partial charge in [0.15, 0.2) is 11.5 Å². The van der Waals surface area contributed by atoms with E-state index in [4.69, 9.17) is 26.4 Å². The molecule has 0 spiro atoms. The summed E-state index contributed by atoms with van der Waals surface area (Å²) in [6, 6.07) is 13.7. The molecular weight excluding hydrogens is 482 g/mol. The van der Waals surface area contributed by atoms with Gasteiger partial charge >= 0.3 is 5.97 Å². The second kappa shape index (κ2) is 13.3. The summed E-state index contributed by atoms with van der Waals surface area (Å²) in [5.41, 5.74) is 3.12. The van der Waals surface area contributed by atoms with E-state index in [0.29, 0.717) is 46.9 Å². The van der Waals surface area contributed by atoms with Crippen LogP contribution >= 0.6 is 24.0 Å². The van der Waals surface area contributed by atoms with E-state index in [1.165, 1.54) is 17.3 Å². The van der Waals surface area contributed by atoms with Crippen molar-refractivity contribution in [3.05, 3.63) is 64.1 Å². The zero-order valence-corrected chi connectivity index (χ0v) is 22.0. The van der Waals surface area contributed by atoms with E-state index in [0.717, 1.165) is 30.4 Å². The fourth-order valence-corrected chi connectivity index (χ4v) is 4.92. The number of thioether (sulfide) groups is 1. The van der Waals surface area contributed by atoms with E-state index >= 15 is 0 Å². The van der Waals surface area contributed by atoms with Crippen LogP contribution in [0.2, 0.25) is 0 Å². The van der Waals surface area contributed by atoms with Crippen LogP contribution in [-0.4, -0.2) is 41.4 Å². The second-order valence-electron chi connectivity index (χ2n) is 8.07. The summed E-state index contributed by atoms with van der Waals surface area (Å²) in [5, 5.41) is 0. The first-order valence-electron chi connectivity index (χ1n) is 11.7. The average molecular weight is 514 g/mol. The summed E-state index contributed by atoms with van der Waals surface area (Å²) in [6.45, 7) is 5.24. The maximum Gasteiger partial charge on any atom is 0.305 e. The fraction of sp³-hybridized carbons (Fsp3) is 0.370. The van der Waals surface area contributed by atoms with Crippen LogP contribution < -0.4 is 9.47 Å². The Bertz CT molecular complexity index is 1100. The molecule has 1 heterocycles. The molecule has 1 amide bonds. The zero-order chi connectivity index (χ0) is 25.2. The number of methoxy groups -OCH3 is 1. The lowest BCUT2D eigenvalue weighted by molar-refractivity contribution is -0.143. The molecule has 1 saturated heterocycles. The van der Waals surface area contributed by atoms with Crippen LogP contribution in [0.5, 0.6) is 11.5 Å². The monoisotopic (exact) mass is 513 g/mol. The highest BCUT2D eigenvalue weighted by Gasteiger charge is 2.31. The number of rotatable bonds is 12. The summed E-state index contributed by atoms with van der Waals surface area (Å²) in [6.07, 6.45) is 4.57. The van der Waals surface area contributed by atoms with Gasteiger partial charge in [-0.05, 0) is 61.6 Å². The summed E-state index contributed by atoms with van der Waals surface area (Å²) in [4.78, 5) is 26.6. The molecule has 0 aliphatic carbocycles. The predicted molar refractivity (Wildman–Crippen MR) is 143 cm³/mol. The normalized spacial score (nSPS) is 14.5. The number of hydrogen-bond acceptors (Lipinski definition) is 7. The number of carbonyl (C=O) groups is 2. The minimum Gasteiger partial charge on any atom is -0.493 e. The Morgan fingerprint density at radius 3 is 2.66 bits per heavy atom. The number of hydrogen-bond donors (Lipinski definition) is 0. The maximum absolute atomic E-state index is 12.9. The summed E-state index contributed by atoms with van der Waals surface area (Å²) >= 11 is 6.74. The predicted octanol–water partition coefficient (Wildman–Crippen LogP) is 5.91. The molecule has 2 aromatic rings. The van der Waals surface area contributed by atoms with E-state index < -0.39 is 0 Å². The Balaban J connectivity index is 1.58. The van der Waals surface area contributed by atoms with Crippen molar-refractivity contribution in [2.24, 2.45) is 0 Å². The Hall–Kier alpha value is -2.84. The average Bonchev–Trinajstić information content (AvgIpc) is 3.11. The number of esters is 1. The van der Waals surface area contributed by atoms with Gasteiger partial charge in [0, 0.05) is 13.0 Å². The van der Waals surface area contributed by atoms with Crippen molar-refractivity contribution in [3.63, 3.8) is 0 Å². The van der Waals surface area contributed by atoms with E-state index in [-0.39, 0.29) is 11.9 Å². The highest BCUT2D eigenvalue weighted by molar-refractivity contribution is 8.26. The first-order valence-corrected chi connectivity index (χ1v) is 12.9. The molecule has 3 rings (SSSR count). The van der Waals surface area contributed by atoms with Crippen LogP contribution in [0.25, 0.3) is 6.08 Å². The highest BCUT2D eigenvalue weighted by Crippen LogP contribution is 2.35. The SMILES string of the molecule is CCOC(=O)CCCCCN1C(=O)/C(=C/c2ccc(OCc3ccccc3C)c(OC)c2)SC1=S. The van der Waals surface area contributed by atoms with Gasteiger partial charge in [0.05, 0.1) is 18.6 Å². The Labute approximate surface area is 216 Å². The van der Waals surface area contributed by atoms with Gasteiger partial charge in [-0.3, -0.25) is 14.5 Å².